The number of hydrogen-bond donors (Lipinski definition) is 2. The van der Waals surface area contributed by atoms with E-state index in [4.69, 9.17) is 9.84 Å². The highest BCUT2D eigenvalue weighted by molar-refractivity contribution is 5.29. The zero-order chi connectivity index (χ0) is 12.5. The van der Waals surface area contributed by atoms with Crippen LogP contribution in [0.15, 0.2) is 12.4 Å². The Balaban J connectivity index is 2.65. The largest absolute Gasteiger partial charge is 0.395 e. The van der Waals surface area contributed by atoms with Gasteiger partial charge in [-0.2, -0.15) is 0 Å². The molecule has 6 nitrogen and oxygen atoms in total. The Labute approximate surface area is 102 Å². The fraction of sp³-hybridized carbons (Fsp3) is 0.636. The third-order valence-electron chi connectivity index (χ3n) is 2.29. The molecule has 17 heavy (non-hydrogen) atoms. The van der Waals surface area contributed by atoms with E-state index in [2.05, 4.69) is 15.3 Å². The van der Waals surface area contributed by atoms with Crippen LogP contribution in [-0.4, -0.2) is 55.5 Å². The van der Waals surface area contributed by atoms with Crippen LogP contribution >= 0.6 is 0 Å². The molecule has 2 N–H and O–H groups in total. The molecule has 0 amide bonds. The first kappa shape index (κ1) is 13.8. The highest BCUT2D eigenvalue weighted by Crippen LogP contribution is 2.06. The maximum Gasteiger partial charge on any atom is 0.225 e. The highest BCUT2D eigenvalue weighted by Gasteiger charge is 2.08. The molecule has 0 fully saturated rings. The zero-order valence-corrected chi connectivity index (χ0v) is 10.4. The van der Waals surface area contributed by atoms with Gasteiger partial charge in [0, 0.05) is 44.7 Å². The Kier molecular flexibility index (Phi) is 6.46. The minimum Gasteiger partial charge on any atom is -0.395 e. The number of aliphatic hydroxyl groups excluding tert-OH is 1. The summed E-state index contributed by atoms with van der Waals surface area (Å²) >= 11 is 0. The molecule has 0 aliphatic rings. The monoisotopic (exact) mass is 240 g/mol. The number of hydrogen-bond acceptors (Lipinski definition) is 6. The molecular formula is C11H20N4O2. The van der Waals surface area contributed by atoms with Gasteiger partial charge in [0.1, 0.15) is 0 Å². The van der Waals surface area contributed by atoms with Crippen LogP contribution in [0.3, 0.4) is 0 Å². The molecule has 1 aromatic rings. The minimum atomic E-state index is 0.0747. The van der Waals surface area contributed by atoms with Gasteiger partial charge in [0.25, 0.3) is 0 Å². The molecule has 0 unspecified atom stereocenters. The van der Waals surface area contributed by atoms with E-state index in [0.717, 1.165) is 12.1 Å². The number of anilines is 1. The van der Waals surface area contributed by atoms with Crippen molar-refractivity contribution in [3.8, 4) is 0 Å². The standard InChI is InChI=1S/C11H20N4O2/c1-12-7-10-8-13-11(14-9-10)15(3-5-16)4-6-17-2/h8-9,12,16H,3-7H2,1-2H3. The van der Waals surface area contributed by atoms with Crippen LogP contribution in [0.5, 0.6) is 0 Å². The first-order chi connectivity index (χ1) is 8.31. The number of rotatable bonds is 8. The molecular weight excluding hydrogens is 220 g/mol. The topological polar surface area (TPSA) is 70.5 Å². The highest BCUT2D eigenvalue weighted by atomic mass is 16.5. The Hall–Kier alpha value is -1.24. The molecule has 1 rings (SSSR count). The van der Waals surface area contributed by atoms with Gasteiger partial charge in [-0.15, -0.1) is 0 Å². The van der Waals surface area contributed by atoms with Crippen molar-refractivity contribution in [2.75, 3.05) is 45.4 Å². The van der Waals surface area contributed by atoms with Gasteiger partial charge in [-0.05, 0) is 7.05 Å². The van der Waals surface area contributed by atoms with E-state index in [9.17, 15) is 0 Å². The molecule has 0 spiro atoms. The second-order valence-corrected chi connectivity index (χ2v) is 3.63. The predicted octanol–water partition coefficient (Wildman–Crippen LogP) is -0.359. The second-order valence-electron chi connectivity index (χ2n) is 3.63. The van der Waals surface area contributed by atoms with Crippen molar-refractivity contribution >= 4 is 5.95 Å². The van der Waals surface area contributed by atoms with E-state index in [0.29, 0.717) is 25.6 Å². The van der Waals surface area contributed by atoms with E-state index in [1.165, 1.54) is 0 Å². The molecule has 96 valence electrons. The number of methoxy groups -OCH3 is 1. The zero-order valence-electron chi connectivity index (χ0n) is 10.4. The van der Waals surface area contributed by atoms with E-state index in [-0.39, 0.29) is 6.61 Å². The summed E-state index contributed by atoms with van der Waals surface area (Å²) in [7, 11) is 3.53. The summed E-state index contributed by atoms with van der Waals surface area (Å²) in [6.07, 6.45) is 3.58. The van der Waals surface area contributed by atoms with Gasteiger partial charge >= 0.3 is 0 Å². The van der Waals surface area contributed by atoms with Crippen molar-refractivity contribution in [1.82, 2.24) is 15.3 Å². The normalized spacial score (nSPS) is 10.5. The van der Waals surface area contributed by atoms with Crippen LogP contribution < -0.4 is 10.2 Å². The fourth-order valence-corrected chi connectivity index (χ4v) is 1.44. The molecule has 1 aromatic heterocycles. The molecule has 6 heteroatoms. The first-order valence-electron chi connectivity index (χ1n) is 5.62. The minimum absolute atomic E-state index is 0.0747. The number of nitrogens with one attached hydrogen (secondary N) is 1. The average Bonchev–Trinajstić information content (AvgIpc) is 2.36. The molecule has 0 bridgehead atoms. The van der Waals surface area contributed by atoms with E-state index >= 15 is 0 Å². The summed E-state index contributed by atoms with van der Waals surface area (Å²) in [4.78, 5) is 10.5. The first-order valence-corrected chi connectivity index (χ1v) is 5.62. The summed E-state index contributed by atoms with van der Waals surface area (Å²) in [5.41, 5.74) is 1.03. The van der Waals surface area contributed by atoms with E-state index in [1.54, 1.807) is 19.5 Å². The number of nitrogens with zero attached hydrogens (tertiary/aromatic N) is 3. The quantitative estimate of drug-likeness (QED) is 0.647. The summed E-state index contributed by atoms with van der Waals surface area (Å²) in [5.74, 6) is 0.621. The van der Waals surface area contributed by atoms with Gasteiger partial charge in [-0.3, -0.25) is 0 Å². The molecule has 0 atom stereocenters. The van der Waals surface area contributed by atoms with Gasteiger partial charge in [0.2, 0.25) is 5.95 Å². The summed E-state index contributed by atoms with van der Waals surface area (Å²) in [5, 5.41) is 12.0. The Morgan fingerprint density at radius 3 is 2.59 bits per heavy atom. The molecule has 0 aliphatic carbocycles. The summed E-state index contributed by atoms with van der Waals surface area (Å²) < 4.78 is 5.01. The number of aromatic nitrogens is 2. The average molecular weight is 240 g/mol. The molecule has 0 aromatic carbocycles. The van der Waals surface area contributed by atoms with Gasteiger partial charge in [-0.1, -0.05) is 0 Å². The van der Waals surface area contributed by atoms with Crippen LogP contribution in [0, 0.1) is 0 Å². The van der Waals surface area contributed by atoms with Crippen molar-refractivity contribution in [2.45, 2.75) is 6.54 Å². The Morgan fingerprint density at radius 2 is 2.06 bits per heavy atom. The van der Waals surface area contributed by atoms with E-state index in [1.807, 2.05) is 11.9 Å². The summed E-state index contributed by atoms with van der Waals surface area (Å²) in [6, 6.07) is 0. The predicted molar refractivity (Wildman–Crippen MR) is 66.0 cm³/mol. The Bertz CT molecular complexity index is 305. The van der Waals surface area contributed by atoms with Crippen LogP contribution in [0.25, 0.3) is 0 Å². The summed E-state index contributed by atoms with van der Waals surface area (Å²) in [6.45, 7) is 2.59. The van der Waals surface area contributed by atoms with Gasteiger partial charge in [0.15, 0.2) is 0 Å². The molecule has 0 radical (unpaired) electrons. The van der Waals surface area contributed by atoms with Gasteiger partial charge in [0.05, 0.1) is 13.2 Å². The third-order valence-corrected chi connectivity index (χ3v) is 2.29. The lowest BCUT2D eigenvalue weighted by Gasteiger charge is -2.21. The van der Waals surface area contributed by atoms with Crippen molar-refractivity contribution < 1.29 is 9.84 Å². The van der Waals surface area contributed by atoms with E-state index < -0.39 is 0 Å². The lowest BCUT2D eigenvalue weighted by molar-refractivity contribution is 0.202. The van der Waals surface area contributed by atoms with Gasteiger partial charge in [-0.25, -0.2) is 9.97 Å². The number of aliphatic hydroxyl groups is 1. The maximum absolute atomic E-state index is 8.99. The smallest absolute Gasteiger partial charge is 0.225 e. The maximum atomic E-state index is 8.99. The molecule has 1 heterocycles. The third kappa shape index (κ3) is 4.64. The van der Waals surface area contributed by atoms with Crippen molar-refractivity contribution in [3.63, 3.8) is 0 Å². The lowest BCUT2D eigenvalue weighted by atomic mass is 10.3. The SMILES string of the molecule is CNCc1cnc(N(CCO)CCOC)nc1. The fourth-order valence-electron chi connectivity index (χ4n) is 1.44. The lowest BCUT2D eigenvalue weighted by Crippen LogP contribution is -2.31. The molecule has 0 aliphatic heterocycles. The molecule has 0 saturated carbocycles. The van der Waals surface area contributed by atoms with Crippen molar-refractivity contribution in [3.05, 3.63) is 18.0 Å². The molecule has 0 saturated heterocycles. The second kappa shape index (κ2) is 7.94. The van der Waals surface area contributed by atoms with Gasteiger partial charge < -0.3 is 20.1 Å². The van der Waals surface area contributed by atoms with Crippen molar-refractivity contribution in [2.24, 2.45) is 0 Å². The van der Waals surface area contributed by atoms with Crippen LogP contribution in [-0.2, 0) is 11.3 Å². The van der Waals surface area contributed by atoms with Crippen LogP contribution in [0.4, 0.5) is 5.95 Å². The Morgan fingerprint density at radius 1 is 1.35 bits per heavy atom. The van der Waals surface area contributed by atoms with Crippen LogP contribution in [0.1, 0.15) is 5.56 Å². The number of ether oxygens (including phenoxy) is 1. The van der Waals surface area contributed by atoms with Crippen LogP contribution in [0.2, 0.25) is 0 Å². The van der Waals surface area contributed by atoms with Crippen molar-refractivity contribution in [1.29, 1.82) is 0 Å².